The number of nitrogens with zero attached hydrogens (tertiary/aromatic N) is 1. The minimum absolute atomic E-state index is 0.0260. The van der Waals surface area contributed by atoms with Crippen LogP contribution in [0.1, 0.15) is 98.4 Å². The number of pyridine rings is 1. The summed E-state index contributed by atoms with van der Waals surface area (Å²) in [6.07, 6.45) is 9.93. The van der Waals surface area contributed by atoms with Crippen molar-refractivity contribution < 1.29 is 9.18 Å². The van der Waals surface area contributed by atoms with Gasteiger partial charge in [-0.15, -0.1) is 0 Å². The van der Waals surface area contributed by atoms with E-state index in [-0.39, 0.29) is 17.7 Å². The smallest absolute Gasteiger partial charge is 0.224 e. The number of halogens is 2. The first-order valence-corrected chi connectivity index (χ1v) is 15.4. The quantitative estimate of drug-likeness (QED) is 0.261. The summed E-state index contributed by atoms with van der Waals surface area (Å²) in [5, 5.41) is 8.61. The predicted molar refractivity (Wildman–Crippen MR) is 160 cm³/mol. The Hall–Kier alpha value is -2.70. The Kier molecular flexibility index (Phi) is 6.55. The number of carbonyl (C=O) groups excluding carboxylic acids is 1. The molecule has 2 saturated carbocycles. The van der Waals surface area contributed by atoms with Gasteiger partial charge < -0.3 is 16.4 Å². The third-order valence-electron chi connectivity index (χ3n) is 9.81. The minimum Gasteiger partial charge on any atom is -0.384 e. The molecule has 4 bridgehead atoms. The van der Waals surface area contributed by atoms with E-state index in [2.05, 4.69) is 28.8 Å². The summed E-state index contributed by atoms with van der Waals surface area (Å²) in [5.41, 5.74) is 13.0. The molecule has 0 spiro atoms. The standard InChI is InChI=1S/C33H38ClFN4O/c34-22-8-10-26-29(13-22)39-28-6-2-1-5-25(28)31(26)37-12-4-3-7-30(40)38-23-9-11-24-20-15-32(35)16-21(27(24)14-23)18-33(36,17-20)19-32/h8-11,13-14,20-21H,1-7,12,15-19,36H2,(H,37,39)(H,38,40). The molecule has 1 heterocycles. The fourth-order valence-electron chi connectivity index (χ4n) is 8.36. The number of aryl methyl sites for hydroxylation is 1. The number of alkyl halides is 1. The number of hydrogen-bond donors (Lipinski definition) is 3. The van der Waals surface area contributed by atoms with Crippen LogP contribution >= 0.6 is 11.6 Å². The molecule has 2 fully saturated rings. The third-order valence-corrected chi connectivity index (χ3v) is 10.0. The van der Waals surface area contributed by atoms with E-state index in [0.717, 1.165) is 61.7 Å². The number of carbonyl (C=O) groups is 1. The summed E-state index contributed by atoms with van der Waals surface area (Å²) in [6.45, 7) is 0.801. The SMILES string of the molecule is NC12CC3CC(F)(CC(C1)c1cc(NC(=O)CCCCNc4c5c(nc6cc(Cl)ccc46)CCCC5)ccc13)C2. The van der Waals surface area contributed by atoms with Crippen molar-refractivity contribution in [3.8, 4) is 0 Å². The highest BCUT2D eigenvalue weighted by molar-refractivity contribution is 6.31. The molecule has 1 amide bonds. The lowest BCUT2D eigenvalue weighted by atomic mass is 9.61. The van der Waals surface area contributed by atoms with Gasteiger partial charge in [0.1, 0.15) is 5.67 Å². The highest BCUT2D eigenvalue weighted by atomic mass is 35.5. The first-order valence-electron chi connectivity index (χ1n) is 15.0. The van der Waals surface area contributed by atoms with Gasteiger partial charge in [-0.3, -0.25) is 9.78 Å². The Morgan fingerprint density at radius 3 is 2.65 bits per heavy atom. The zero-order valence-electron chi connectivity index (χ0n) is 23.0. The highest BCUT2D eigenvalue weighted by Gasteiger charge is 2.56. The van der Waals surface area contributed by atoms with Gasteiger partial charge in [-0.1, -0.05) is 17.7 Å². The second-order valence-electron chi connectivity index (χ2n) is 13.0. The van der Waals surface area contributed by atoms with Crippen LogP contribution in [0.2, 0.25) is 5.02 Å². The fourth-order valence-corrected chi connectivity index (χ4v) is 8.53. The minimum atomic E-state index is -1.15. The second kappa shape index (κ2) is 9.99. The molecule has 5 aliphatic rings. The molecule has 4 atom stereocenters. The molecule has 210 valence electrons. The molecule has 5 aliphatic carbocycles. The van der Waals surface area contributed by atoms with Crippen LogP contribution in [-0.4, -0.2) is 28.6 Å². The normalized spacial score (nSPS) is 28.2. The van der Waals surface area contributed by atoms with Crippen molar-refractivity contribution in [2.24, 2.45) is 5.73 Å². The maximum Gasteiger partial charge on any atom is 0.224 e. The Labute approximate surface area is 240 Å². The first kappa shape index (κ1) is 26.2. The van der Waals surface area contributed by atoms with Crippen molar-refractivity contribution in [3.05, 3.63) is 63.8 Å². The third kappa shape index (κ3) is 4.87. The van der Waals surface area contributed by atoms with Crippen molar-refractivity contribution in [1.82, 2.24) is 4.98 Å². The van der Waals surface area contributed by atoms with E-state index >= 15 is 4.39 Å². The number of benzene rings is 2. The fraction of sp³-hybridized carbons (Fsp3) is 0.515. The molecular formula is C33H38ClFN4O. The summed E-state index contributed by atoms with van der Waals surface area (Å²) >= 11 is 6.25. The number of unbranched alkanes of at least 4 members (excludes halogenated alkanes) is 1. The van der Waals surface area contributed by atoms with Gasteiger partial charge >= 0.3 is 0 Å². The average Bonchev–Trinajstić information content (AvgIpc) is 3.04. The maximum atomic E-state index is 15.6. The van der Waals surface area contributed by atoms with Crippen LogP contribution in [0, 0.1) is 0 Å². The lowest BCUT2D eigenvalue weighted by Crippen LogP contribution is -2.55. The van der Waals surface area contributed by atoms with E-state index in [1.807, 2.05) is 18.2 Å². The summed E-state index contributed by atoms with van der Waals surface area (Å²) in [6, 6.07) is 12.1. The maximum absolute atomic E-state index is 15.6. The number of hydrogen-bond acceptors (Lipinski definition) is 4. The Bertz CT molecular complexity index is 1470. The Morgan fingerprint density at radius 1 is 1.02 bits per heavy atom. The van der Waals surface area contributed by atoms with E-state index in [1.165, 1.54) is 40.9 Å². The van der Waals surface area contributed by atoms with E-state index in [9.17, 15) is 4.79 Å². The number of anilines is 2. The molecular weight excluding hydrogens is 523 g/mol. The lowest BCUT2D eigenvalue weighted by Gasteiger charge is -2.49. The zero-order chi connectivity index (χ0) is 27.5. The van der Waals surface area contributed by atoms with E-state index in [1.54, 1.807) is 0 Å². The van der Waals surface area contributed by atoms with Gasteiger partial charge in [-0.2, -0.15) is 0 Å². The van der Waals surface area contributed by atoms with Gasteiger partial charge in [0.05, 0.1) is 5.52 Å². The van der Waals surface area contributed by atoms with E-state index < -0.39 is 11.2 Å². The van der Waals surface area contributed by atoms with Crippen LogP contribution in [-0.2, 0) is 17.6 Å². The van der Waals surface area contributed by atoms with Gasteiger partial charge in [0.2, 0.25) is 5.91 Å². The molecule has 0 radical (unpaired) electrons. The summed E-state index contributed by atoms with van der Waals surface area (Å²) in [4.78, 5) is 17.7. The second-order valence-corrected chi connectivity index (χ2v) is 13.4. The first-order chi connectivity index (χ1) is 19.3. The summed E-state index contributed by atoms with van der Waals surface area (Å²) in [5.74, 6) is 0.349. The number of nitrogens with two attached hydrogens (primary N) is 1. The molecule has 40 heavy (non-hydrogen) atoms. The Balaban J connectivity index is 0.967. The van der Waals surface area contributed by atoms with Crippen molar-refractivity contribution in [2.75, 3.05) is 17.2 Å². The number of nitrogens with one attached hydrogen (secondary N) is 2. The monoisotopic (exact) mass is 560 g/mol. The lowest BCUT2D eigenvalue weighted by molar-refractivity contribution is -0.116. The van der Waals surface area contributed by atoms with Crippen LogP contribution in [0.25, 0.3) is 10.9 Å². The topological polar surface area (TPSA) is 80.0 Å². The van der Waals surface area contributed by atoms with Crippen LogP contribution in [0.3, 0.4) is 0 Å². The number of amides is 1. The average molecular weight is 561 g/mol. The van der Waals surface area contributed by atoms with Crippen molar-refractivity contribution in [1.29, 1.82) is 0 Å². The van der Waals surface area contributed by atoms with Gasteiger partial charge in [-0.25, -0.2) is 4.39 Å². The molecule has 4 unspecified atom stereocenters. The number of fused-ring (bicyclic) bond motifs is 2. The summed E-state index contributed by atoms with van der Waals surface area (Å²) < 4.78 is 15.6. The zero-order valence-corrected chi connectivity index (χ0v) is 23.8. The molecule has 8 rings (SSSR count). The van der Waals surface area contributed by atoms with Crippen molar-refractivity contribution in [2.45, 2.75) is 100 Å². The molecule has 4 N–H and O–H groups in total. The number of aromatic nitrogens is 1. The van der Waals surface area contributed by atoms with Gasteiger partial charge in [-0.05, 0) is 129 Å². The molecule has 0 aliphatic heterocycles. The molecule has 7 heteroatoms. The van der Waals surface area contributed by atoms with Crippen LogP contribution < -0.4 is 16.4 Å². The van der Waals surface area contributed by atoms with E-state index in [0.29, 0.717) is 30.7 Å². The highest BCUT2D eigenvalue weighted by Crippen LogP contribution is 2.60. The van der Waals surface area contributed by atoms with Crippen LogP contribution in [0.4, 0.5) is 15.8 Å². The van der Waals surface area contributed by atoms with Crippen LogP contribution in [0.15, 0.2) is 36.4 Å². The number of rotatable bonds is 7. The van der Waals surface area contributed by atoms with Gasteiger partial charge in [0.25, 0.3) is 0 Å². The van der Waals surface area contributed by atoms with Crippen molar-refractivity contribution >= 4 is 39.8 Å². The van der Waals surface area contributed by atoms with Gasteiger partial charge in [0.15, 0.2) is 0 Å². The Morgan fingerprint density at radius 2 is 1.82 bits per heavy atom. The van der Waals surface area contributed by atoms with Crippen molar-refractivity contribution in [3.63, 3.8) is 0 Å². The van der Waals surface area contributed by atoms with Crippen LogP contribution in [0.5, 0.6) is 0 Å². The molecule has 5 nitrogen and oxygen atoms in total. The largest absolute Gasteiger partial charge is 0.384 e. The van der Waals surface area contributed by atoms with E-state index in [4.69, 9.17) is 22.3 Å². The molecule has 1 aromatic heterocycles. The molecule has 0 saturated heterocycles. The predicted octanol–water partition coefficient (Wildman–Crippen LogP) is 7.55. The van der Waals surface area contributed by atoms with Gasteiger partial charge in [0, 0.05) is 46.0 Å². The molecule has 2 aromatic carbocycles. The summed E-state index contributed by atoms with van der Waals surface area (Å²) in [7, 11) is 0. The molecule has 3 aromatic rings.